The molecule has 0 saturated heterocycles. The van der Waals surface area contributed by atoms with E-state index < -0.39 is 0 Å². The van der Waals surface area contributed by atoms with Crippen LogP contribution in [0.5, 0.6) is 0 Å². The second-order valence-corrected chi connectivity index (χ2v) is 5.58. The van der Waals surface area contributed by atoms with Gasteiger partial charge in [-0.05, 0) is 23.5 Å². The topological polar surface area (TPSA) is 58.4 Å². The fourth-order valence-corrected chi connectivity index (χ4v) is 1.98. The van der Waals surface area contributed by atoms with Crippen LogP contribution < -0.4 is 11.2 Å². The van der Waals surface area contributed by atoms with E-state index in [0.29, 0.717) is 12.3 Å². The molecule has 0 aliphatic carbocycles. The molecule has 4 heteroatoms. The third-order valence-corrected chi connectivity index (χ3v) is 2.81. The number of amides is 1. The van der Waals surface area contributed by atoms with Crippen LogP contribution in [0.2, 0.25) is 0 Å². The summed E-state index contributed by atoms with van der Waals surface area (Å²) in [7, 11) is 3.56. The monoisotopic (exact) mass is 263 g/mol. The van der Waals surface area contributed by atoms with E-state index in [-0.39, 0.29) is 11.9 Å². The van der Waals surface area contributed by atoms with Gasteiger partial charge in [-0.25, -0.2) is 5.01 Å². The second kappa shape index (κ2) is 7.26. The maximum atomic E-state index is 11.6. The van der Waals surface area contributed by atoms with Gasteiger partial charge in [-0.3, -0.25) is 10.2 Å². The molecule has 0 spiro atoms. The molecule has 4 nitrogen and oxygen atoms in total. The van der Waals surface area contributed by atoms with E-state index in [2.05, 4.69) is 31.4 Å². The number of hydrogen-bond acceptors (Lipinski definition) is 3. The smallest absolute Gasteiger partial charge is 0.236 e. The summed E-state index contributed by atoms with van der Waals surface area (Å²) >= 11 is 0. The largest absolute Gasteiger partial charge is 0.324 e. The Labute approximate surface area is 115 Å². The molecule has 1 aromatic rings. The normalized spacial score (nSPS) is 12.8. The molecule has 0 aromatic heterocycles. The molecule has 0 fully saturated rings. The third-order valence-electron chi connectivity index (χ3n) is 2.81. The van der Waals surface area contributed by atoms with Crippen LogP contribution in [0.1, 0.15) is 37.4 Å². The lowest BCUT2D eigenvalue weighted by atomic mass is 9.98. The molecule has 106 valence electrons. The number of carbonyl (C=O) groups excluding carboxylic acids is 1. The lowest BCUT2D eigenvalue weighted by molar-refractivity contribution is -0.125. The molecule has 0 saturated carbocycles. The van der Waals surface area contributed by atoms with Crippen LogP contribution in [-0.2, 0) is 11.2 Å². The van der Waals surface area contributed by atoms with Crippen LogP contribution in [0.25, 0.3) is 0 Å². The van der Waals surface area contributed by atoms with Gasteiger partial charge in [0, 0.05) is 26.6 Å². The highest BCUT2D eigenvalue weighted by molar-refractivity contribution is 5.76. The van der Waals surface area contributed by atoms with Crippen LogP contribution in [0, 0.1) is 5.92 Å². The maximum absolute atomic E-state index is 11.6. The van der Waals surface area contributed by atoms with Crippen molar-refractivity contribution in [1.82, 2.24) is 10.4 Å². The van der Waals surface area contributed by atoms with Gasteiger partial charge in [0.2, 0.25) is 5.91 Å². The van der Waals surface area contributed by atoms with Crippen molar-refractivity contribution in [2.45, 2.75) is 32.7 Å². The van der Waals surface area contributed by atoms with Gasteiger partial charge < -0.3 is 5.73 Å². The van der Waals surface area contributed by atoms with Crippen LogP contribution in [0.4, 0.5) is 0 Å². The quantitative estimate of drug-likeness (QED) is 0.770. The number of hydrogen-bond donors (Lipinski definition) is 2. The summed E-state index contributed by atoms with van der Waals surface area (Å²) in [5, 5.41) is 1.63. The third kappa shape index (κ3) is 5.85. The highest BCUT2D eigenvalue weighted by atomic mass is 16.2. The average molecular weight is 263 g/mol. The fraction of sp³-hybridized carbons (Fsp3) is 0.533. The van der Waals surface area contributed by atoms with Gasteiger partial charge >= 0.3 is 0 Å². The van der Waals surface area contributed by atoms with Gasteiger partial charge in [0.05, 0.1) is 0 Å². The van der Waals surface area contributed by atoms with Crippen LogP contribution in [0.15, 0.2) is 24.3 Å². The minimum Gasteiger partial charge on any atom is -0.324 e. The van der Waals surface area contributed by atoms with Crippen molar-refractivity contribution in [3.63, 3.8) is 0 Å². The molecule has 0 radical (unpaired) electrons. The number of hydrazine groups is 1. The highest BCUT2D eigenvalue weighted by Gasteiger charge is 2.12. The zero-order chi connectivity index (χ0) is 14.4. The van der Waals surface area contributed by atoms with E-state index in [1.54, 1.807) is 19.1 Å². The van der Waals surface area contributed by atoms with E-state index in [9.17, 15) is 4.79 Å². The summed E-state index contributed by atoms with van der Waals surface area (Å²) in [5.74, 6) is 0.578. The zero-order valence-electron chi connectivity index (χ0n) is 12.3. The van der Waals surface area contributed by atoms with Crippen molar-refractivity contribution in [3.8, 4) is 0 Å². The predicted molar refractivity (Wildman–Crippen MR) is 78.4 cm³/mol. The van der Waals surface area contributed by atoms with Crippen molar-refractivity contribution in [3.05, 3.63) is 35.4 Å². The van der Waals surface area contributed by atoms with Crippen LogP contribution in [0.3, 0.4) is 0 Å². The van der Waals surface area contributed by atoms with Gasteiger partial charge in [0.1, 0.15) is 0 Å². The van der Waals surface area contributed by atoms with Crippen molar-refractivity contribution in [1.29, 1.82) is 0 Å². The Balaban J connectivity index is 2.57. The summed E-state index contributed by atoms with van der Waals surface area (Å²) in [6.07, 6.45) is 1.36. The summed E-state index contributed by atoms with van der Waals surface area (Å²) in [4.78, 5) is 11.6. The molecule has 19 heavy (non-hydrogen) atoms. The zero-order valence-corrected chi connectivity index (χ0v) is 12.3. The van der Waals surface area contributed by atoms with E-state index in [1.807, 2.05) is 12.1 Å². The Morgan fingerprint density at radius 3 is 2.32 bits per heavy atom. The Morgan fingerprint density at radius 2 is 1.84 bits per heavy atom. The molecular formula is C15H25N3O. The number of benzene rings is 1. The summed E-state index contributed by atoms with van der Waals surface area (Å²) in [6, 6.07) is 7.97. The molecule has 0 aliphatic rings. The fourth-order valence-electron chi connectivity index (χ4n) is 1.98. The van der Waals surface area contributed by atoms with Crippen molar-refractivity contribution in [2.75, 3.05) is 14.1 Å². The molecule has 1 rings (SSSR count). The lowest BCUT2D eigenvalue weighted by Crippen LogP contribution is -2.37. The summed E-state index contributed by atoms with van der Waals surface area (Å²) < 4.78 is 0. The first kappa shape index (κ1) is 15.7. The first-order valence-electron chi connectivity index (χ1n) is 6.69. The lowest BCUT2D eigenvalue weighted by Gasteiger charge is -2.16. The van der Waals surface area contributed by atoms with Gasteiger partial charge in [-0.1, -0.05) is 38.1 Å². The molecule has 1 atom stereocenters. The SMILES string of the molecule is CC(C)Cc1ccc(C(N)CC(=O)NN(C)C)cc1. The van der Waals surface area contributed by atoms with Gasteiger partial charge in [0.15, 0.2) is 0 Å². The van der Waals surface area contributed by atoms with E-state index in [4.69, 9.17) is 5.73 Å². The van der Waals surface area contributed by atoms with E-state index in [0.717, 1.165) is 12.0 Å². The predicted octanol–water partition coefficient (Wildman–Crippen LogP) is 1.87. The number of nitrogens with zero attached hydrogens (tertiary/aromatic N) is 1. The highest BCUT2D eigenvalue weighted by Crippen LogP contribution is 2.16. The van der Waals surface area contributed by atoms with Crippen LogP contribution >= 0.6 is 0 Å². The van der Waals surface area contributed by atoms with Crippen molar-refractivity contribution in [2.24, 2.45) is 11.7 Å². The molecule has 1 unspecified atom stereocenters. The summed E-state index contributed by atoms with van der Waals surface area (Å²) in [5.41, 5.74) is 11.0. The van der Waals surface area contributed by atoms with Crippen molar-refractivity contribution < 1.29 is 4.79 Å². The van der Waals surface area contributed by atoms with Crippen LogP contribution in [-0.4, -0.2) is 25.0 Å². The number of carbonyl (C=O) groups is 1. The molecular weight excluding hydrogens is 238 g/mol. The molecule has 3 N–H and O–H groups in total. The first-order chi connectivity index (χ1) is 8.88. The minimum atomic E-state index is -0.256. The number of nitrogens with two attached hydrogens (primary N) is 1. The average Bonchev–Trinajstić information content (AvgIpc) is 2.27. The Bertz CT molecular complexity index is 398. The van der Waals surface area contributed by atoms with E-state index >= 15 is 0 Å². The maximum Gasteiger partial charge on any atom is 0.236 e. The molecule has 1 amide bonds. The standard InChI is InChI=1S/C15H25N3O/c1-11(2)9-12-5-7-13(8-6-12)14(16)10-15(19)17-18(3)4/h5-8,11,14H,9-10,16H2,1-4H3,(H,17,19). The van der Waals surface area contributed by atoms with Gasteiger partial charge in [-0.15, -0.1) is 0 Å². The number of rotatable bonds is 6. The van der Waals surface area contributed by atoms with Gasteiger partial charge in [0.25, 0.3) is 0 Å². The molecule has 0 heterocycles. The molecule has 0 bridgehead atoms. The van der Waals surface area contributed by atoms with Gasteiger partial charge in [-0.2, -0.15) is 0 Å². The second-order valence-electron chi connectivity index (χ2n) is 5.58. The van der Waals surface area contributed by atoms with Crippen molar-refractivity contribution >= 4 is 5.91 Å². The number of nitrogens with one attached hydrogen (secondary N) is 1. The summed E-state index contributed by atoms with van der Waals surface area (Å²) in [6.45, 7) is 4.40. The van der Waals surface area contributed by atoms with E-state index in [1.165, 1.54) is 5.56 Å². The molecule has 1 aromatic carbocycles. The Kier molecular flexibility index (Phi) is 5.99. The minimum absolute atomic E-state index is 0.0660. The molecule has 0 aliphatic heterocycles. The first-order valence-corrected chi connectivity index (χ1v) is 6.69. The Hall–Kier alpha value is -1.39. The Morgan fingerprint density at radius 1 is 1.26 bits per heavy atom.